The summed E-state index contributed by atoms with van der Waals surface area (Å²) in [5, 5.41) is 17.3. The zero-order chi connectivity index (χ0) is 12.1. The molecule has 8 nitrogen and oxygen atoms in total. The molecule has 0 saturated carbocycles. The van der Waals surface area contributed by atoms with Crippen molar-refractivity contribution in [1.82, 2.24) is 0 Å². The second kappa shape index (κ2) is 5.47. The van der Waals surface area contributed by atoms with E-state index < -0.39 is 17.2 Å². The Morgan fingerprint density at radius 2 is 2.07 bits per heavy atom. The predicted octanol–water partition coefficient (Wildman–Crippen LogP) is -0.324. The first kappa shape index (κ1) is 13.6. The predicted molar refractivity (Wildman–Crippen MR) is 48.1 cm³/mol. The average Bonchev–Trinajstić information content (AvgIpc) is 1.95. The minimum absolute atomic E-state index is 0.292. The molecule has 0 aliphatic rings. The fourth-order valence-corrected chi connectivity index (χ4v) is 1.03. The first-order valence-corrected chi connectivity index (χ1v) is 4.21. The van der Waals surface area contributed by atoms with Gasteiger partial charge in [0.2, 0.25) is 0 Å². The lowest BCUT2D eigenvalue weighted by Crippen LogP contribution is -2.43. The maximum absolute atomic E-state index is 10.4. The highest BCUT2D eigenvalue weighted by molar-refractivity contribution is 5.67. The summed E-state index contributed by atoms with van der Waals surface area (Å²) in [6.45, 7) is 0.292. The van der Waals surface area contributed by atoms with Crippen LogP contribution in [0.3, 0.4) is 0 Å². The van der Waals surface area contributed by atoms with E-state index in [-0.39, 0.29) is 6.42 Å². The molecule has 88 valence electrons. The molecule has 0 aliphatic carbocycles. The maximum atomic E-state index is 10.4. The molecule has 0 saturated heterocycles. The fraction of sp³-hybridized carbons (Fsp3) is 0.857. The van der Waals surface area contributed by atoms with E-state index in [0.29, 0.717) is 11.0 Å². The Morgan fingerprint density at radius 3 is 2.40 bits per heavy atom. The van der Waals surface area contributed by atoms with E-state index in [2.05, 4.69) is 9.88 Å². The van der Waals surface area contributed by atoms with Crippen LogP contribution in [0.1, 0.15) is 6.42 Å². The average molecular weight is 223 g/mol. The van der Waals surface area contributed by atoms with E-state index in [1.165, 1.54) is 0 Å². The Hall–Kier alpha value is -1.41. The highest BCUT2D eigenvalue weighted by atomic mass is 17.3. The summed E-state index contributed by atoms with van der Waals surface area (Å²) in [4.78, 5) is 28.4. The number of nitrogens with zero attached hydrogens (tertiary/aromatic N) is 2. The van der Waals surface area contributed by atoms with Crippen LogP contribution < -0.4 is 0 Å². The number of carboxylic acids is 1. The van der Waals surface area contributed by atoms with Crippen molar-refractivity contribution in [3.8, 4) is 0 Å². The van der Waals surface area contributed by atoms with E-state index in [1.807, 2.05) is 21.1 Å². The number of aliphatic carboxylic acids is 1. The second-order valence-electron chi connectivity index (χ2n) is 4.09. The zero-order valence-corrected chi connectivity index (χ0v) is 8.87. The summed E-state index contributed by atoms with van der Waals surface area (Å²) < 4.78 is 0.416. The van der Waals surface area contributed by atoms with Crippen molar-refractivity contribution in [2.45, 2.75) is 12.5 Å². The van der Waals surface area contributed by atoms with E-state index in [9.17, 15) is 14.9 Å². The van der Waals surface area contributed by atoms with Gasteiger partial charge in [-0.15, -0.1) is 15.1 Å². The minimum Gasteiger partial charge on any atom is -0.481 e. The molecule has 0 spiro atoms. The van der Waals surface area contributed by atoms with Crippen LogP contribution in [-0.4, -0.2) is 54.4 Å². The van der Waals surface area contributed by atoms with Gasteiger partial charge in [0, 0.05) is 0 Å². The summed E-state index contributed by atoms with van der Waals surface area (Å²) in [5.74, 6) is -1.10. The molecule has 8 heteroatoms. The van der Waals surface area contributed by atoms with Crippen LogP contribution >= 0.6 is 0 Å². The molecule has 15 heavy (non-hydrogen) atoms. The quantitative estimate of drug-likeness (QED) is 0.275. The highest BCUT2D eigenvalue weighted by Crippen LogP contribution is 2.05. The molecular formula is C7H15N2O6+. The lowest BCUT2D eigenvalue weighted by atomic mass is 10.2. The van der Waals surface area contributed by atoms with Crippen LogP contribution in [0.5, 0.6) is 0 Å². The molecule has 0 radical (unpaired) electrons. The molecule has 0 bridgehead atoms. The van der Waals surface area contributed by atoms with Crippen molar-refractivity contribution >= 4 is 5.97 Å². The maximum Gasteiger partial charge on any atom is 0.322 e. The topological polar surface area (TPSA) is 98.9 Å². The fourth-order valence-electron chi connectivity index (χ4n) is 1.03. The molecule has 0 heterocycles. The molecule has 0 aromatic heterocycles. The first-order chi connectivity index (χ1) is 6.70. The van der Waals surface area contributed by atoms with Gasteiger partial charge in [0.1, 0.15) is 6.54 Å². The van der Waals surface area contributed by atoms with Gasteiger partial charge < -0.3 is 9.59 Å². The van der Waals surface area contributed by atoms with Crippen molar-refractivity contribution in [3.63, 3.8) is 0 Å². The van der Waals surface area contributed by atoms with Crippen LogP contribution in [0.25, 0.3) is 0 Å². The van der Waals surface area contributed by atoms with Crippen LogP contribution in [0, 0.1) is 10.1 Å². The van der Waals surface area contributed by atoms with Crippen molar-refractivity contribution in [1.29, 1.82) is 0 Å². The smallest absolute Gasteiger partial charge is 0.322 e. The van der Waals surface area contributed by atoms with Gasteiger partial charge in [0.25, 0.3) is 0 Å². The normalized spacial score (nSPS) is 13.3. The summed E-state index contributed by atoms with van der Waals surface area (Å²) in [5.41, 5.74) is 0. The van der Waals surface area contributed by atoms with Crippen molar-refractivity contribution in [2.24, 2.45) is 0 Å². The SMILES string of the molecule is C[N+](C)(C)C[C@@H](CC(=O)O)OO[N+](=O)[O-]. The number of likely N-dealkylation sites (N-methyl/N-ethyl adjacent to an activating group) is 1. The van der Waals surface area contributed by atoms with Crippen molar-refractivity contribution < 1.29 is 29.3 Å². The first-order valence-electron chi connectivity index (χ1n) is 4.21. The van der Waals surface area contributed by atoms with E-state index >= 15 is 0 Å². The van der Waals surface area contributed by atoms with Crippen LogP contribution in [0.2, 0.25) is 0 Å². The Bertz CT molecular complexity index is 236. The standard InChI is InChI=1S/C7H14N2O6/c1-9(2,3)5-6(4-7(10)11)14-15-8(12)13/h6H,4-5H2,1-3H3/p+1/t6-/m1/s1. The summed E-state index contributed by atoms with van der Waals surface area (Å²) in [7, 11) is 5.43. The summed E-state index contributed by atoms with van der Waals surface area (Å²) in [6, 6.07) is 0. The van der Waals surface area contributed by atoms with Crippen LogP contribution in [0.4, 0.5) is 0 Å². The molecular weight excluding hydrogens is 208 g/mol. The number of hydrogen-bond acceptors (Lipinski definition) is 5. The van der Waals surface area contributed by atoms with Gasteiger partial charge >= 0.3 is 11.1 Å². The molecule has 1 N–H and O–H groups in total. The lowest BCUT2D eigenvalue weighted by Gasteiger charge is -2.27. The van der Waals surface area contributed by atoms with Crippen molar-refractivity contribution in [3.05, 3.63) is 10.1 Å². The number of hydrogen-bond donors (Lipinski definition) is 1. The molecule has 0 rings (SSSR count). The molecule has 0 unspecified atom stereocenters. The summed E-state index contributed by atoms with van der Waals surface area (Å²) >= 11 is 0. The minimum atomic E-state index is -1.12. The molecule has 0 aliphatic heterocycles. The largest absolute Gasteiger partial charge is 0.481 e. The molecule has 0 amide bonds. The Morgan fingerprint density at radius 1 is 1.53 bits per heavy atom. The second-order valence-corrected chi connectivity index (χ2v) is 4.09. The number of carbonyl (C=O) groups is 1. The molecule has 0 aromatic rings. The number of quaternary nitrogens is 1. The molecule has 0 fully saturated rings. The van der Waals surface area contributed by atoms with E-state index in [4.69, 9.17) is 5.11 Å². The van der Waals surface area contributed by atoms with Gasteiger partial charge in [0.15, 0.2) is 6.10 Å². The number of carboxylic acid groups (broad SMARTS) is 1. The van der Waals surface area contributed by atoms with Gasteiger partial charge in [-0.25, -0.2) is 0 Å². The van der Waals surface area contributed by atoms with E-state index in [1.54, 1.807) is 0 Å². The number of rotatable bonds is 7. The Kier molecular flexibility index (Phi) is 4.95. The van der Waals surface area contributed by atoms with E-state index in [0.717, 1.165) is 0 Å². The van der Waals surface area contributed by atoms with Crippen LogP contribution in [0.15, 0.2) is 0 Å². The third-order valence-electron chi connectivity index (χ3n) is 1.39. The third kappa shape index (κ3) is 8.91. The van der Waals surface area contributed by atoms with Gasteiger partial charge in [-0.1, -0.05) is 0 Å². The molecule has 1 atom stereocenters. The van der Waals surface area contributed by atoms with Crippen LogP contribution in [-0.2, 0) is 14.7 Å². The zero-order valence-electron chi connectivity index (χ0n) is 8.87. The Labute approximate surface area is 86.6 Å². The Balaban J connectivity index is 4.18. The monoisotopic (exact) mass is 223 g/mol. The molecule has 0 aromatic carbocycles. The lowest BCUT2D eigenvalue weighted by molar-refractivity contribution is -0.891. The highest BCUT2D eigenvalue weighted by Gasteiger charge is 2.23. The van der Waals surface area contributed by atoms with Gasteiger partial charge in [0.05, 0.1) is 27.6 Å². The van der Waals surface area contributed by atoms with Gasteiger partial charge in [-0.05, 0) is 0 Å². The van der Waals surface area contributed by atoms with Crippen molar-refractivity contribution in [2.75, 3.05) is 27.7 Å². The van der Waals surface area contributed by atoms with Gasteiger partial charge in [-0.2, -0.15) is 4.89 Å². The summed E-state index contributed by atoms with van der Waals surface area (Å²) in [6.07, 6.45) is -1.20. The third-order valence-corrected chi connectivity index (χ3v) is 1.39. The van der Waals surface area contributed by atoms with Gasteiger partial charge in [-0.3, -0.25) is 4.79 Å².